The maximum Gasteiger partial charge on any atom is 0.408 e. The molecule has 180 valence electrons. The summed E-state index contributed by atoms with van der Waals surface area (Å²) in [6.07, 6.45) is 1.87. The van der Waals surface area contributed by atoms with Crippen LogP contribution in [0, 0.1) is 5.41 Å². The number of nitrogens with one attached hydrogen (secondary N) is 2. The number of aliphatic carboxylic acids is 1. The van der Waals surface area contributed by atoms with Gasteiger partial charge in [0, 0.05) is 18.9 Å². The Hall–Kier alpha value is -3.35. The van der Waals surface area contributed by atoms with Gasteiger partial charge in [-0.2, -0.15) is 0 Å². The molecule has 7 nitrogen and oxygen atoms in total. The van der Waals surface area contributed by atoms with Gasteiger partial charge >= 0.3 is 12.1 Å². The molecule has 2 aromatic carbocycles. The summed E-state index contributed by atoms with van der Waals surface area (Å²) in [4.78, 5) is 36.1. The summed E-state index contributed by atoms with van der Waals surface area (Å²) in [5.74, 6) is -1.06. The van der Waals surface area contributed by atoms with Crippen LogP contribution in [0.15, 0.2) is 48.5 Å². The lowest BCUT2D eigenvalue weighted by atomic mass is 9.84. The van der Waals surface area contributed by atoms with E-state index in [1.54, 1.807) is 0 Å². The molecule has 0 radical (unpaired) electrons. The second kappa shape index (κ2) is 9.49. The van der Waals surface area contributed by atoms with E-state index in [9.17, 15) is 14.4 Å². The van der Waals surface area contributed by atoms with Gasteiger partial charge in [0.25, 0.3) is 0 Å². The molecule has 0 aliphatic heterocycles. The Morgan fingerprint density at radius 1 is 1.00 bits per heavy atom. The van der Waals surface area contributed by atoms with E-state index in [1.165, 1.54) is 0 Å². The molecule has 1 fully saturated rings. The van der Waals surface area contributed by atoms with Crippen molar-refractivity contribution >= 4 is 18.0 Å². The van der Waals surface area contributed by atoms with Crippen LogP contribution in [0.2, 0.25) is 0 Å². The first-order valence-electron chi connectivity index (χ1n) is 11.8. The molecule has 4 rings (SSSR count). The Morgan fingerprint density at radius 2 is 1.59 bits per heavy atom. The van der Waals surface area contributed by atoms with Crippen LogP contribution in [0.5, 0.6) is 0 Å². The summed E-state index contributed by atoms with van der Waals surface area (Å²) in [6.45, 7) is 4.61. The second-order valence-electron chi connectivity index (χ2n) is 10.1. The highest BCUT2D eigenvalue weighted by molar-refractivity contribution is 5.92. The van der Waals surface area contributed by atoms with Crippen molar-refractivity contribution in [2.45, 2.75) is 57.4 Å². The summed E-state index contributed by atoms with van der Waals surface area (Å²) >= 11 is 0. The summed E-state index contributed by atoms with van der Waals surface area (Å²) in [5.41, 5.74) is 3.51. The molecule has 0 unspecified atom stereocenters. The van der Waals surface area contributed by atoms with Crippen molar-refractivity contribution in [2.75, 3.05) is 13.2 Å². The highest BCUT2D eigenvalue weighted by Gasteiger charge is 2.51. The standard InChI is InChI=1S/C27H32N2O5/c1-26(2,12-11-23(30)31)15-16-28-24(32)27(13-14-27)29-25(33)34-17-22-20-9-5-3-7-18(20)19-8-4-6-10-21(19)22/h3-10,22H,11-17H2,1-2H3,(H,28,32)(H,29,33)(H,30,31). The fourth-order valence-electron chi connectivity index (χ4n) is 4.62. The minimum absolute atomic E-state index is 0.0323. The van der Waals surface area contributed by atoms with E-state index in [0.29, 0.717) is 32.2 Å². The molecule has 7 heteroatoms. The average Bonchev–Trinajstić information content (AvgIpc) is 3.52. The van der Waals surface area contributed by atoms with Crippen molar-refractivity contribution in [3.05, 3.63) is 59.7 Å². The number of fused-ring (bicyclic) bond motifs is 3. The van der Waals surface area contributed by atoms with Crippen LogP contribution in [0.3, 0.4) is 0 Å². The number of hydrogen-bond donors (Lipinski definition) is 3. The molecule has 0 bridgehead atoms. The van der Waals surface area contributed by atoms with E-state index in [-0.39, 0.29) is 30.3 Å². The number of carbonyl (C=O) groups is 3. The third-order valence-electron chi connectivity index (χ3n) is 6.97. The first-order valence-corrected chi connectivity index (χ1v) is 11.8. The molecule has 3 N–H and O–H groups in total. The molecule has 2 aliphatic carbocycles. The van der Waals surface area contributed by atoms with Crippen LogP contribution in [0.1, 0.15) is 63.0 Å². The number of carboxylic acid groups (broad SMARTS) is 1. The van der Waals surface area contributed by atoms with E-state index in [0.717, 1.165) is 22.3 Å². The molecule has 2 amide bonds. The lowest BCUT2D eigenvalue weighted by Gasteiger charge is -2.25. The van der Waals surface area contributed by atoms with Gasteiger partial charge in [-0.15, -0.1) is 0 Å². The number of benzene rings is 2. The Balaban J connectivity index is 1.28. The van der Waals surface area contributed by atoms with E-state index in [1.807, 2.05) is 38.1 Å². The summed E-state index contributed by atoms with van der Waals surface area (Å²) in [7, 11) is 0. The SMILES string of the molecule is CC(C)(CCNC(=O)C1(NC(=O)OCC2c3ccccc3-c3ccccc32)CC1)CCC(=O)O. The van der Waals surface area contributed by atoms with Gasteiger partial charge in [-0.3, -0.25) is 9.59 Å². The summed E-state index contributed by atoms with van der Waals surface area (Å²) in [5, 5.41) is 14.6. The molecule has 34 heavy (non-hydrogen) atoms. The first-order chi connectivity index (χ1) is 16.2. The number of ether oxygens (including phenoxy) is 1. The van der Waals surface area contributed by atoms with E-state index >= 15 is 0 Å². The van der Waals surface area contributed by atoms with E-state index in [4.69, 9.17) is 9.84 Å². The third kappa shape index (κ3) is 5.24. The zero-order valence-electron chi connectivity index (χ0n) is 19.7. The fraction of sp³-hybridized carbons (Fsp3) is 0.444. The Labute approximate surface area is 199 Å². The van der Waals surface area contributed by atoms with Crippen molar-refractivity contribution in [1.82, 2.24) is 10.6 Å². The van der Waals surface area contributed by atoms with Gasteiger partial charge in [-0.1, -0.05) is 62.4 Å². The Bertz CT molecular complexity index is 1040. The van der Waals surface area contributed by atoms with Crippen LogP contribution >= 0.6 is 0 Å². The maximum absolute atomic E-state index is 12.7. The van der Waals surface area contributed by atoms with Crippen molar-refractivity contribution in [2.24, 2.45) is 5.41 Å². The highest BCUT2D eigenvalue weighted by atomic mass is 16.5. The van der Waals surface area contributed by atoms with Crippen molar-refractivity contribution in [3.63, 3.8) is 0 Å². The van der Waals surface area contributed by atoms with E-state index in [2.05, 4.69) is 34.9 Å². The van der Waals surface area contributed by atoms with Gasteiger partial charge in [-0.25, -0.2) is 4.79 Å². The Morgan fingerprint density at radius 3 is 2.15 bits per heavy atom. The molecular formula is C27H32N2O5. The smallest absolute Gasteiger partial charge is 0.408 e. The number of amides is 2. The average molecular weight is 465 g/mol. The van der Waals surface area contributed by atoms with Gasteiger partial charge < -0.3 is 20.5 Å². The van der Waals surface area contributed by atoms with Gasteiger partial charge in [0.15, 0.2) is 0 Å². The molecule has 0 spiro atoms. The van der Waals surface area contributed by atoms with Crippen LogP contribution in [0.4, 0.5) is 4.79 Å². The number of rotatable bonds is 10. The van der Waals surface area contributed by atoms with Crippen LogP contribution < -0.4 is 10.6 Å². The monoisotopic (exact) mass is 464 g/mol. The lowest BCUT2D eigenvalue weighted by molar-refractivity contribution is -0.137. The number of alkyl carbamates (subject to hydrolysis) is 1. The van der Waals surface area contributed by atoms with Gasteiger partial charge in [0.05, 0.1) is 0 Å². The normalized spacial score (nSPS) is 15.7. The van der Waals surface area contributed by atoms with Gasteiger partial charge in [0.2, 0.25) is 5.91 Å². The molecule has 2 aromatic rings. The molecular weight excluding hydrogens is 432 g/mol. The quantitative estimate of drug-likeness (QED) is 0.482. The van der Waals surface area contributed by atoms with Crippen molar-refractivity contribution < 1.29 is 24.2 Å². The second-order valence-corrected chi connectivity index (χ2v) is 10.1. The topological polar surface area (TPSA) is 105 Å². The molecule has 0 aromatic heterocycles. The van der Waals surface area contributed by atoms with Crippen molar-refractivity contribution in [1.29, 1.82) is 0 Å². The molecule has 1 saturated carbocycles. The Kier molecular flexibility index (Phi) is 6.64. The van der Waals surface area contributed by atoms with Crippen LogP contribution in [-0.2, 0) is 14.3 Å². The largest absolute Gasteiger partial charge is 0.481 e. The van der Waals surface area contributed by atoms with Crippen LogP contribution in [0.25, 0.3) is 11.1 Å². The highest BCUT2D eigenvalue weighted by Crippen LogP contribution is 2.44. The van der Waals surface area contributed by atoms with Gasteiger partial charge in [0.1, 0.15) is 12.1 Å². The maximum atomic E-state index is 12.7. The summed E-state index contributed by atoms with van der Waals surface area (Å²) < 4.78 is 5.59. The zero-order chi connectivity index (χ0) is 24.3. The minimum Gasteiger partial charge on any atom is -0.481 e. The van der Waals surface area contributed by atoms with E-state index < -0.39 is 17.6 Å². The minimum atomic E-state index is -0.909. The number of carbonyl (C=O) groups excluding carboxylic acids is 2. The molecule has 2 aliphatic rings. The van der Waals surface area contributed by atoms with Crippen molar-refractivity contribution in [3.8, 4) is 11.1 Å². The third-order valence-corrected chi connectivity index (χ3v) is 6.97. The zero-order valence-corrected chi connectivity index (χ0v) is 19.7. The molecule has 0 heterocycles. The predicted molar refractivity (Wildman–Crippen MR) is 128 cm³/mol. The number of hydrogen-bond acceptors (Lipinski definition) is 4. The fourth-order valence-corrected chi connectivity index (χ4v) is 4.62. The molecule has 0 atom stereocenters. The van der Waals surface area contributed by atoms with Gasteiger partial charge in [-0.05, 0) is 53.4 Å². The van der Waals surface area contributed by atoms with Crippen LogP contribution in [-0.4, -0.2) is 41.8 Å². The lowest BCUT2D eigenvalue weighted by Crippen LogP contribution is -2.49. The summed E-state index contributed by atoms with van der Waals surface area (Å²) in [6, 6.07) is 16.3. The first kappa shape index (κ1) is 23.8. The predicted octanol–water partition coefficient (Wildman–Crippen LogP) is 4.46. The number of carboxylic acids is 1. The molecule has 0 saturated heterocycles.